The molecule has 5 nitrogen and oxygen atoms in total. The molecule has 0 spiro atoms. The van der Waals surface area contributed by atoms with Crippen molar-refractivity contribution >= 4 is 17.4 Å². The SMILES string of the molecule is CC(C)(C)C1CCC(C(=O)Nc2[nH]ncc2N)CC1. The Hall–Kier alpha value is -1.52. The average molecular weight is 264 g/mol. The van der Waals surface area contributed by atoms with E-state index in [0.29, 0.717) is 22.8 Å². The Bertz CT molecular complexity index is 439. The molecule has 1 aliphatic rings. The number of aromatic amines is 1. The lowest BCUT2D eigenvalue weighted by Crippen LogP contribution is -2.31. The minimum Gasteiger partial charge on any atom is -0.394 e. The van der Waals surface area contributed by atoms with Crippen LogP contribution >= 0.6 is 0 Å². The van der Waals surface area contributed by atoms with Crippen LogP contribution in [0.3, 0.4) is 0 Å². The van der Waals surface area contributed by atoms with Gasteiger partial charge in [0.15, 0.2) is 5.82 Å². The van der Waals surface area contributed by atoms with Crippen molar-refractivity contribution in [3.8, 4) is 0 Å². The van der Waals surface area contributed by atoms with E-state index in [9.17, 15) is 4.79 Å². The highest BCUT2D eigenvalue weighted by molar-refractivity contribution is 5.94. The Morgan fingerprint density at radius 3 is 2.47 bits per heavy atom. The summed E-state index contributed by atoms with van der Waals surface area (Å²) in [7, 11) is 0. The van der Waals surface area contributed by atoms with Crippen LogP contribution in [0.5, 0.6) is 0 Å². The van der Waals surface area contributed by atoms with E-state index in [-0.39, 0.29) is 11.8 Å². The third-order valence-corrected chi connectivity index (χ3v) is 4.24. The fourth-order valence-electron chi connectivity index (χ4n) is 2.84. The van der Waals surface area contributed by atoms with Gasteiger partial charge in [-0.3, -0.25) is 9.89 Å². The van der Waals surface area contributed by atoms with Gasteiger partial charge in [0.1, 0.15) is 0 Å². The molecule has 1 aliphatic carbocycles. The van der Waals surface area contributed by atoms with E-state index >= 15 is 0 Å². The smallest absolute Gasteiger partial charge is 0.228 e. The molecule has 1 amide bonds. The van der Waals surface area contributed by atoms with E-state index in [2.05, 4.69) is 36.3 Å². The van der Waals surface area contributed by atoms with Crippen LogP contribution in [0.15, 0.2) is 6.20 Å². The number of aromatic nitrogens is 2. The van der Waals surface area contributed by atoms with Crippen LogP contribution in [-0.2, 0) is 4.79 Å². The number of nitrogens with one attached hydrogen (secondary N) is 2. The number of rotatable bonds is 2. The molecule has 1 fully saturated rings. The van der Waals surface area contributed by atoms with Gasteiger partial charge < -0.3 is 11.1 Å². The van der Waals surface area contributed by atoms with Crippen molar-refractivity contribution in [3.05, 3.63) is 6.20 Å². The van der Waals surface area contributed by atoms with E-state index in [4.69, 9.17) is 5.73 Å². The Kier molecular flexibility index (Phi) is 3.83. The molecule has 1 saturated carbocycles. The number of nitrogen functional groups attached to an aromatic ring is 1. The van der Waals surface area contributed by atoms with E-state index in [1.165, 1.54) is 6.20 Å². The third-order valence-electron chi connectivity index (χ3n) is 4.24. The van der Waals surface area contributed by atoms with Crippen molar-refractivity contribution in [3.63, 3.8) is 0 Å². The number of hydrogen-bond acceptors (Lipinski definition) is 3. The summed E-state index contributed by atoms with van der Waals surface area (Å²) in [6.45, 7) is 6.84. The normalized spacial score (nSPS) is 24.2. The zero-order valence-corrected chi connectivity index (χ0v) is 12.0. The maximum Gasteiger partial charge on any atom is 0.228 e. The molecule has 0 aliphatic heterocycles. The Balaban J connectivity index is 1.88. The lowest BCUT2D eigenvalue weighted by molar-refractivity contribution is -0.121. The van der Waals surface area contributed by atoms with Gasteiger partial charge in [-0.2, -0.15) is 5.10 Å². The zero-order chi connectivity index (χ0) is 14.0. The number of nitrogens with two attached hydrogens (primary N) is 1. The molecule has 2 rings (SSSR count). The lowest BCUT2D eigenvalue weighted by Gasteiger charge is -2.36. The van der Waals surface area contributed by atoms with E-state index < -0.39 is 0 Å². The Morgan fingerprint density at radius 1 is 1.37 bits per heavy atom. The first-order chi connectivity index (χ1) is 8.88. The number of anilines is 2. The van der Waals surface area contributed by atoms with Crippen molar-refractivity contribution in [2.75, 3.05) is 11.1 Å². The topological polar surface area (TPSA) is 83.8 Å². The lowest BCUT2D eigenvalue weighted by atomic mass is 9.69. The van der Waals surface area contributed by atoms with Crippen LogP contribution in [-0.4, -0.2) is 16.1 Å². The van der Waals surface area contributed by atoms with Crippen LogP contribution < -0.4 is 11.1 Å². The summed E-state index contributed by atoms with van der Waals surface area (Å²) in [4.78, 5) is 12.2. The second kappa shape index (κ2) is 5.23. The van der Waals surface area contributed by atoms with Crippen LogP contribution in [0.2, 0.25) is 0 Å². The summed E-state index contributed by atoms with van der Waals surface area (Å²) >= 11 is 0. The molecule has 0 radical (unpaired) electrons. The van der Waals surface area contributed by atoms with Crippen LogP contribution in [0, 0.1) is 17.3 Å². The van der Waals surface area contributed by atoms with Gasteiger partial charge in [0, 0.05) is 5.92 Å². The Morgan fingerprint density at radius 2 is 2.00 bits per heavy atom. The zero-order valence-electron chi connectivity index (χ0n) is 12.0. The average Bonchev–Trinajstić information content (AvgIpc) is 2.74. The molecular weight excluding hydrogens is 240 g/mol. The number of nitrogens with zero attached hydrogens (tertiary/aromatic N) is 1. The summed E-state index contributed by atoms with van der Waals surface area (Å²) in [5.74, 6) is 1.39. The second-order valence-electron chi connectivity index (χ2n) is 6.60. The van der Waals surface area contributed by atoms with Crippen LogP contribution in [0.25, 0.3) is 0 Å². The predicted molar refractivity (Wildman–Crippen MR) is 76.5 cm³/mol. The summed E-state index contributed by atoms with van der Waals surface area (Å²) < 4.78 is 0. The first kappa shape index (κ1) is 13.9. The van der Waals surface area contributed by atoms with Gasteiger partial charge >= 0.3 is 0 Å². The summed E-state index contributed by atoms with van der Waals surface area (Å²) in [5.41, 5.74) is 6.51. The standard InChI is InChI=1S/C14H24N4O/c1-14(2,3)10-6-4-9(5-7-10)13(19)17-12-11(15)8-16-18-12/h8-10H,4-7,15H2,1-3H3,(H2,16,17,18,19). The molecule has 0 aromatic carbocycles. The third kappa shape index (κ3) is 3.28. The van der Waals surface area contributed by atoms with Crippen molar-refractivity contribution in [2.45, 2.75) is 46.5 Å². The molecule has 1 aromatic rings. The van der Waals surface area contributed by atoms with Crippen molar-refractivity contribution in [1.29, 1.82) is 0 Å². The van der Waals surface area contributed by atoms with E-state index in [1.54, 1.807) is 0 Å². The molecule has 106 valence electrons. The number of carbonyl (C=O) groups excluding carboxylic acids is 1. The van der Waals surface area contributed by atoms with Gasteiger partial charge in [-0.1, -0.05) is 20.8 Å². The van der Waals surface area contributed by atoms with E-state index in [0.717, 1.165) is 25.7 Å². The predicted octanol–water partition coefficient (Wildman–Crippen LogP) is 2.78. The highest BCUT2D eigenvalue weighted by Crippen LogP contribution is 2.40. The van der Waals surface area contributed by atoms with Gasteiger partial charge in [0.25, 0.3) is 0 Å². The number of H-pyrrole nitrogens is 1. The van der Waals surface area contributed by atoms with Crippen molar-refractivity contribution in [1.82, 2.24) is 10.2 Å². The minimum atomic E-state index is 0.0586. The summed E-state index contributed by atoms with van der Waals surface area (Å²) in [5, 5.41) is 9.33. The fraction of sp³-hybridized carbons (Fsp3) is 0.714. The summed E-state index contributed by atoms with van der Waals surface area (Å²) in [6.07, 6.45) is 5.68. The molecule has 0 unspecified atom stereocenters. The van der Waals surface area contributed by atoms with Gasteiger partial charge in [0.2, 0.25) is 5.91 Å². The molecular formula is C14H24N4O. The largest absolute Gasteiger partial charge is 0.394 e. The van der Waals surface area contributed by atoms with Gasteiger partial charge in [-0.15, -0.1) is 0 Å². The molecule has 4 N–H and O–H groups in total. The van der Waals surface area contributed by atoms with Crippen LogP contribution in [0.4, 0.5) is 11.5 Å². The number of hydrogen-bond donors (Lipinski definition) is 3. The molecule has 5 heteroatoms. The van der Waals surface area contributed by atoms with Crippen molar-refractivity contribution in [2.24, 2.45) is 17.3 Å². The maximum absolute atomic E-state index is 12.2. The molecule has 1 aromatic heterocycles. The molecule has 0 atom stereocenters. The molecule has 0 bridgehead atoms. The second-order valence-corrected chi connectivity index (χ2v) is 6.60. The highest BCUT2D eigenvalue weighted by atomic mass is 16.2. The Labute approximate surface area is 114 Å². The monoisotopic (exact) mass is 264 g/mol. The van der Waals surface area contributed by atoms with Gasteiger partial charge in [-0.25, -0.2) is 0 Å². The molecule has 0 saturated heterocycles. The maximum atomic E-state index is 12.2. The quantitative estimate of drug-likeness (QED) is 0.768. The minimum absolute atomic E-state index is 0.0586. The highest BCUT2D eigenvalue weighted by Gasteiger charge is 2.32. The number of amides is 1. The van der Waals surface area contributed by atoms with Gasteiger partial charge in [-0.05, 0) is 37.0 Å². The first-order valence-corrected chi connectivity index (χ1v) is 6.97. The molecule has 1 heterocycles. The van der Waals surface area contributed by atoms with Crippen molar-refractivity contribution < 1.29 is 4.79 Å². The summed E-state index contributed by atoms with van der Waals surface area (Å²) in [6, 6.07) is 0. The van der Waals surface area contributed by atoms with Crippen LogP contribution in [0.1, 0.15) is 46.5 Å². The molecule has 19 heavy (non-hydrogen) atoms. The van der Waals surface area contributed by atoms with E-state index in [1.807, 2.05) is 0 Å². The number of carbonyl (C=O) groups is 1. The van der Waals surface area contributed by atoms with Gasteiger partial charge in [0.05, 0.1) is 11.9 Å². The first-order valence-electron chi connectivity index (χ1n) is 6.97. The fourth-order valence-corrected chi connectivity index (χ4v) is 2.84.